The summed E-state index contributed by atoms with van der Waals surface area (Å²) >= 11 is 20.1. The molecule has 2 heterocycles. The number of thiocarbonyl (C=S) groups is 1. The first-order valence-corrected chi connectivity index (χ1v) is 11.7. The van der Waals surface area contributed by atoms with Crippen molar-refractivity contribution in [1.82, 2.24) is 4.90 Å². The predicted molar refractivity (Wildman–Crippen MR) is 124 cm³/mol. The molecule has 1 aliphatic heterocycles. The second-order valence-corrected chi connectivity index (χ2v) is 9.52. The summed E-state index contributed by atoms with van der Waals surface area (Å²) in [4.78, 5) is 25.9. The Balaban J connectivity index is 1.85. The van der Waals surface area contributed by atoms with Crippen LogP contribution >= 0.6 is 58.9 Å². The molecular weight excluding hydrogens is 473 g/mol. The van der Waals surface area contributed by atoms with Crippen LogP contribution in [0.2, 0.25) is 10.0 Å². The Bertz CT molecular complexity index is 1010. The van der Waals surface area contributed by atoms with E-state index in [2.05, 4.69) is 0 Å². The van der Waals surface area contributed by atoms with E-state index in [0.29, 0.717) is 44.2 Å². The highest BCUT2D eigenvalue weighted by atomic mass is 35.5. The lowest BCUT2D eigenvalue weighted by molar-refractivity contribution is -0.145. The number of halogens is 2. The van der Waals surface area contributed by atoms with Crippen molar-refractivity contribution in [2.75, 3.05) is 12.0 Å². The molecule has 0 radical (unpaired) electrons. The van der Waals surface area contributed by atoms with Crippen molar-refractivity contribution in [1.29, 1.82) is 0 Å². The minimum absolute atomic E-state index is 0.222. The van der Waals surface area contributed by atoms with Crippen molar-refractivity contribution in [2.45, 2.75) is 12.5 Å². The Morgan fingerprint density at radius 3 is 2.83 bits per heavy atom. The molecule has 0 saturated carbocycles. The maximum atomic E-state index is 12.8. The zero-order chi connectivity index (χ0) is 21.1. The number of amides is 1. The summed E-state index contributed by atoms with van der Waals surface area (Å²) in [6.07, 6.45) is 3.74. The van der Waals surface area contributed by atoms with Gasteiger partial charge in [-0.05, 0) is 48.8 Å². The van der Waals surface area contributed by atoms with Crippen LogP contribution in [0.25, 0.3) is 17.4 Å². The fourth-order valence-corrected chi connectivity index (χ4v) is 4.91. The van der Waals surface area contributed by atoms with Crippen LogP contribution < -0.4 is 0 Å². The second kappa shape index (κ2) is 9.57. The summed E-state index contributed by atoms with van der Waals surface area (Å²) in [5.74, 6) is 0.0181. The van der Waals surface area contributed by atoms with Crippen molar-refractivity contribution in [3.05, 3.63) is 51.0 Å². The molecule has 1 fully saturated rings. The van der Waals surface area contributed by atoms with Gasteiger partial charge in [0.2, 0.25) is 0 Å². The van der Waals surface area contributed by atoms with E-state index in [4.69, 9.17) is 39.8 Å². The summed E-state index contributed by atoms with van der Waals surface area (Å²) in [6, 6.07) is 7.48. The second-order valence-electron chi connectivity index (χ2n) is 6.01. The van der Waals surface area contributed by atoms with E-state index in [1.165, 1.54) is 16.7 Å². The van der Waals surface area contributed by atoms with Gasteiger partial charge in [0.15, 0.2) is 0 Å². The maximum absolute atomic E-state index is 12.8. The fraction of sp³-hybridized carbons (Fsp3) is 0.211. The van der Waals surface area contributed by atoms with Crippen LogP contribution in [0, 0.1) is 0 Å². The smallest absolute Gasteiger partial charge is 0.326 e. The molecule has 1 aromatic carbocycles. The van der Waals surface area contributed by atoms with Gasteiger partial charge in [0.1, 0.15) is 21.9 Å². The number of nitrogens with zero attached hydrogens (tertiary/aromatic N) is 1. The first-order chi connectivity index (χ1) is 13.8. The number of carboxylic acids is 1. The molecule has 5 nitrogen and oxygen atoms in total. The Labute approximate surface area is 191 Å². The zero-order valence-electron chi connectivity index (χ0n) is 15.1. The summed E-state index contributed by atoms with van der Waals surface area (Å²) < 4.78 is 6.01. The van der Waals surface area contributed by atoms with E-state index in [1.54, 1.807) is 36.4 Å². The quantitative estimate of drug-likeness (QED) is 0.398. The van der Waals surface area contributed by atoms with E-state index < -0.39 is 17.9 Å². The van der Waals surface area contributed by atoms with E-state index >= 15 is 0 Å². The number of hydrogen-bond acceptors (Lipinski definition) is 6. The summed E-state index contributed by atoms with van der Waals surface area (Å²) in [6.45, 7) is 0. The Hall–Kier alpha value is -1.45. The number of carbonyl (C=O) groups is 2. The van der Waals surface area contributed by atoms with Gasteiger partial charge in [0.05, 0.1) is 9.93 Å². The molecule has 1 saturated heterocycles. The molecule has 3 rings (SSSR count). The van der Waals surface area contributed by atoms with Gasteiger partial charge in [-0.1, -0.05) is 47.2 Å². The van der Waals surface area contributed by atoms with Gasteiger partial charge in [0, 0.05) is 16.7 Å². The summed E-state index contributed by atoms with van der Waals surface area (Å²) in [5, 5.41) is 10.5. The first-order valence-electron chi connectivity index (χ1n) is 8.36. The molecule has 1 amide bonds. The standard InChI is InChI=1S/C19H15Cl2NO4S3/c1-28-7-6-14(18(24)25)22-17(23)16(29-19(22)27)9-11-3-5-15(26-11)12-8-10(20)2-4-13(12)21/h2-5,8-9,14H,6-7H2,1H3,(H,24,25)/b16-9-/t14-/m1/s1. The molecule has 1 N–H and O–H groups in total. The zero-order valence-corrected chi connectivity index (χ0v) is 19.0. The average Bonchev–Trinajstić information content (AvgIpc) is 3.23. The molecule has 10 heteroatoms. The summed E-state index contributed by atoms with van der Waals surface area (Å²) in [5.41, 5.74) is 0.634. The molecule has 0 spiro atoms. The lowest BCUT2D eigenvalue weighted by atomic mass is 10.2. The van der Waals surface area contributed by atoms with E-state index in [1.807, 2.05) is 6.26 Å². The highest BCUT2D eigenvalue weighted by Gasteiger charge is 2.40. The third kappa shape index (κ3) is 5.00. The van der Waals surface area contributed by atoms with E-state index in [-0.39, 0.29) is 4.32 Å². The normalized spacial score (nSPS) is 16.7. The van der Waals surface area contributed by atoms with Gasteiger partial charge in [0.25, 0.3) is 5.91 Å². The molecule has 0 aliphatic carbocycles. The third-order valence-corrected chi connectivity index (χ3v) is 6.65. The lowest BCUT2D eigenvalue weighted by Crippen LogP contribution is -2.44. The molecule has 0 unspecified atom stereocenters. The Kier molecular flexibility index (Phi) is 7.34. The molecule has 1 aromatic heterocycles. The molecular formula is C19H15Cl2NO4S3. The van der Waals surface area contributed by atoms with Gasteiger partial charge in [-0.2, -0.15) is 11.8 Å². The van der Waals surface area contributed by atoms with Gasteiger partial charge in [-0.15, -0.1) is 0 Å². The monoisotopic (exact) mass is 487 g/mol. The van der Waals surface area contributed by atoms with Gasteiger partial charge >= 0.3 is 5.97 Å². The van der Waals surface area contributed by atoms with Crippen molar-refractivity contribution < 1.29 is 19.1 Å². The van der Waals surface area contributed by atoms with Crippen molar-refractivity contribution >= 4 is 81.2 Å². The predicted octanol–water partition coefficient (Wildman–Crippen LogP) is 5.66. The van der Waals surface area contributed by atoms with E-state index in [0.717, 1.165) is 11.8 Å². The van der Waals surface area contributed by atoms with Gasteiger partial charge in [-0.25, -0.2) is 4.79 Å². The van der Waals surface area contributed by atoms with Crippen molar-refractivity contribution in [3.8, 4) is 11.3 Å². The Morgan fingerprint density at radius 2 is 2.14 bits per heavy atom. The molecule has 2 aromatic rings. The number of thioether (sulfide) groups is 2. The number of carboxylic acid groups (broad SMARTS) is 1. The topological polar surface area (TPSA) is 70.8 Å². The number of furan rings is 1. The number of benzene rings is 1. The van der Waals surface area contributed by atoms with Crippen molar-refractivity contribution in [3.63, 3.8) is 0 Å². The highest BCUT2D eigenvalue weighted by Crippen LogP contribution is 2.37. The van der Waals surface area contributed by atoms with Crippen LogP contribution in [0.5, 0.6) is 0 Å². The van der Waals surface area contributed by atoms with Crippen LogP contribution in [-0.2, 0) is 9.59 Å². The van der Waals surface area contributed by atoms with Gasteiger partial charge < -0.3 is 9.52 Å². The molecule has 1 atom stereocenters. The SMILES string of the molecule is CSCC[C@H](C(=O)O)N1C(=O)/C(=C/c2ccc(-c3cc(Cl)ccc3Cl)o2)SC1=S. The first kappa shape index (κ1) is 22.2. The largest absolute Gasteiger partial charge is 0.480 e. The van der Waals surface area contributed by atoms with Crippen LogP contribution in [-0.4, -0.2) is 44.3 Å². The number of hydrogen-bond donors (Lipinski definition) is 1. The highest BCUT2D eigenvalue weighted by molar-refractivity contribution is 8.26. The van der Waals surface area contributed by atoms with Crippen LogP contribution in [0.3, 0.4) is 0 Å². The third-order valence-electron chi connectivity index (χ3n) is 4.11. The Morgan fingerprint density at radius 1 is 1.38 bits per heavy atom. The fourth-order valence-electron chi connectivity index (χ4n) is 2.73. The maximum Gasteiger partial charge on any atom is 0.326 e. The van der Waals surface area contributed by atoms with Gasteiger partial charge in [-0.3, -0.25) is 9.69 Å². The van der Waals surface area contributed by atoms with Crippen molar-refractivity contribution in [2.24, 2.45) is 0 Å². The van der Waals surface area contributed by atoms with Crippen LogP contribution in [0.15, 0.2) is 39.7 Å². The van der Waals surface area contributed by atoms with E-state index in [9.17, 15) is 14.7 Å². The average molecular weight is 488 g/mol. The number of rotatable bonds is 7. The lowest BCUT2D eigenvalue weighted by Gasteiger charge is -2.22. The molecule has 152 valence electrons. The van der Waals surface area contributed by atoms with Crippen LogP contribution in [0.1, 0.15) is 12.2 Å². The number of carbonyl (C=O) groups excluding carboxylic acids is 1. The molecule has 29 heavy (non-hydrogen) atoms. The summed E-state index contributed by atoms with van der Waals surface area (Å²) in [7, 11) is 0. The minimum atomic E-state index is -1.08. The van der Waals surface area contributed by atoms with Crippen LogP contribution in [0.4, 0.5) is 0 Å². The minimum Gasteiger partial charge on any atom is -0.480 e. The molecule has 1 aliphatic rings. The number of aliphatic carboxylic acids is 1. The molecule has 0 bridgehead atoms.